The summed E-state index contributed by atoms with van der Waals surface area (Å²) in [5, 5.41) is 14.8. The Labute approximate surface area is 166 Å². The third-order valence-electron chi connectivity index (χ3n) is 4.58. The SMILES string of the molecule is CC(CN(C)C)CN1c2ccccc2CCc2ccccc21.O=C(O)C(=O)O. The second-order valence-corrected chi connectivity index (χ2v) is 7.35. The molecule has 0 bridgehead atoms. The number of anilines is 2. The maximum Gasteiger partial charge on any atom is 0.414 e. The van der Waals surface area contributed by atoms with Gasteiger partial charge in [0.15, 0.2) is 0 Å². The van der Waals surface area contributed by atoms with Crippen LogP contribution in [-0.4, -0.2) is 54.2 Å². The Morgan fingerprint density at radius 1 is 0.929 bits per heavy atom. The lowest BCUT2D eigenvalue weighted by Gasteiger charge is -2.30. The number of hydrogen-bond acceptors (Lipinski definition) is 4. The van der Waals surface area contributed by atoms with Crippen LogP contribution in [0.1, 0.15) is 18.1 Å². The van der Waals surface area contributed by atoms with Crippen LogP contribution in [0, 0.1) is 5.92 Å². The molecule has 2 N–H and O–H groups in total. The molecule has 150 valence electrons. The van der Waals surface area contributed by atoms with E-state index in [0.29, 0.717) is 5.92 Å². The number of carbonyl (C=O) groups is 2. The van der Waals surface area contributed by atoms with Crippen LogP contribution < -0.4 is 4.90 Å². The Morgan fingerprint density at radius 3 is 1.75 bits per heavy atom. The van der Waals surface area contributed by atoms with Crippen molar-refractivity contribution < 1.29 is 19.8 Å². The van der Waals surface area contributed by atoms with Gasteiger partial charge in [-0.15, -0.1) is 0 Å². The van der Waals surface area contributed by atoms with Crippen molar-refractivity contribution in [3.63, 3.8) is 0 Å². The second-order valence-electron chi connectivity index (χ2n) is 7.35. The molecule has 3 rings (SSSR count). The lowest BCUT2D eigenvalue weighted by molar-refractivity contribution is -0.159. The summed E-state index contributed by atoms with van der Waals surface area (Å²) in [7, 11) is 4.31. The summed E-state index contributed by atoms with van der Waals surface area (Å²) in [6, 6.07) is 17.8. The zero-order chi connectivity index (χ0) is 20.7. The minimum atomic E-state index is -1.82. The first-order chi connectivity index (χ1) is 13.3. The smallest absolute Gasteiger partial charge is 0.414 e. The van der Waals surface area contributed by atoms with Crippen LogP contribution in [0.4, 0.5) is 11.4 Å². The highest BCUT2D eigenvalue weighted by Gasteiger charge is 2.21. The van der Waals surface area contributed by atoms with Crippen molar-refractivity contribution in [3.8, 4) is 0 Å². The Morgan fingerprint density at radius 2 is 1.36 bits per heavy atom. The first-order valence-electron chi connectivity index (χ1n) is 9.34. The molecule has 6 heteroatoms. The maximum atomic E-state index is 9.10. The highest BCUT2D eigenvalue weighted by Crippen LogP contribution is 2.36. The summed E-state index contributed by atoms with van der Waals surface area (Å²) < 4.78 is 0. The first-order valence-corrected chi connectivity index (χ1v) is 9.34. The quantitative estimate of drug-likeness (QED) is 0.788. The minimum absolute atomic E-state index is 0.620. The molecule has 1 unspecified atom stereocenters. The van der Waals surface area contributed by atoms with Crippen molar-refractivity contribution in [1.82, 2.24) is 4.90 Å². The van der Waals surface area contributed by atoms with Gasteiger partial charge in [0.1, 0.15) is 0 Å². The summed E-state index contributed by atoms with van der Waals surface area (Å²) >= 11 is 0. The van der Waals surface area contributed by atoms with Crippen LogP contribution in [-0.2, 0) is 22.4 Å². The van der Waals surface area contributed by atoms with E-state index in [2.05, 4.69) is 79.3 Å². The molecule has 0 radical (unpaired) electrons. The van der Waals surface area contributed by atoms with E-state index in [4.69, 9.17) is 19.8 Å². The van der Waals surface area contributed by atoms with Crippen LogP contribution in [0.25, 0.3) is 0 Å². The molecule has 1 aliphatic heterocycles. The number of hydrogen-bond donors (Lipinski definition) is 2. The zero-order valence-electron chi connectivity index (χ0n) is 16.6. The molecular weight excluding hydrogens is 356 g/mol. The number of aryl methyl sites for hydroxylation is 2. The van der Waals surface area contributed by atoms with Crippen LogP contribution in [0.2, 0.25) is 0 Å². The summed E-state index contributed by atoms with van der Waals surface area (Å²) in [6.07, 6.45) is 2.26. The van der Waals surface area contributed by atoms with Gasteiger partial charge in [0, 0.05) is 24.5 Å². The van der Waals surface area contributed by atoms with Gasteiger partial charge in [0.2, 0.25) is 0 Å². The number of benzene rings is 2. The van der Waals surface area contributed by atoms with Crippen molar-refractivity contribution in [2.24, 2.45) is 5.92 Å². The molecule has 2 aromatic carbocycles. The van der Waals surface area contributed by atoms with E-state index < -0.39 is 11.9 Å². The molecule has 0 saturated heterocycles. The maximum absolute atomic E-state index is 9.10. The molecule has 28 heavy (non-hydrogen) atoms. The Hall–Kier alpha value is -2.86. The van der Waals surface area contributed by atoms with Crippen molar-refractivity contribution >= 4 is 23.3 Å². The van der Waals surface area contributed by atoms with Crippen LogP contribution in [0.3, 0.4) is 0 Å². The van der Waals surface area contributed by atoms with Gasteiger partial charge in [-0.3, -0.25) is 0 Å². The number of fused-ring (bicyclic) bond motifs is 2. The fraction of sp³-hybridized carbons (Fsp3) is 0.364. The number of nitrogens with zero attached hydrogens (tertiary/aromatic N) is 2. The van der Waals surface area contributed by atoms with E-state index in [9.17, 15) is 0 Å². The number of carboxylic acid groups (broad SMARTS) is 2. The van der Waals surface area contributed by atoms with E-state index in [1.165, 1.54) is 22.5 Å². The first kappa shape index (κ1) is 21.4. The summed E-state index contributed by atoms with van der Waals surface area (Å²) in [5.74, 6) is -3.03. The van der Waals surface area contributed by atoms with Gasteiger partial charge in [-0.2, -0.15) is 0 Å². The van der Waals surface area contributed by atoms with E-state index in [-0.39, 0.29) is 0 Å². The zero-order valence-corrected chi connectivity index (χ0v) is 16.6. The normalized spacial score (nSPS) is 13.5. The predicted molar refractivity (Wildman–Crippen MR) is 110 cm³/mol. The summed E-state index contributed by atoms with van der Waals surface area (Å²) in [5.41, 5.74) is 5.71. The van der Waals surface area contributed by atoms with Crippen molar-refractivity contribution in [3.05, 3.63) is 59.7 Å². The fourth-order valence-corrected chi connectivity index (χ4v) is 3.56. The highest BCUT2D eigenvalue weighted by atomic mass is 16.4. The Kier molecular flexibility index (Phi) is 7.58. The highest BCUT2D eigenvalue weighted by molar-refractivity contribution is 6.27. The standard InChI is InChI=1S/C20H26N2.C2H2O4/c1-16(14-21(2)3)15-22-19-10-6-4-8-17(19)12-13-18-9-5-7-11-20(18)22;3-1(4)2(5)6/h4-11,16H,12-15H2,1-3H3;(H,3,4)(H,5,6). The third kappa shape index (κ3) is 5.82. The molecule has 0 fully saturated rings. The van der Waals surface area contributed by atoms with Crippen molar-refractivity contribution in [2.45, 2.75) is 19.8 Å². The van der Waals surface area contributed by atoms with E-state index in [0.717, 1.165) is 25.9 Å². The molecule has 2 aromatic rings. The van der Waals surface area contributed by atoms with Gasteiger partial charge >= 0.3 is 11.9 Å². The number of aliphatic carboxylic acids is 2. The van der Waals surface area contributed by atoms with Gasteiger partial charge in [-0.05, 0) is 56.1 Å². The average molecular weight is 384 g/mol. The van der Waals surface area contributed by atoms with Gasteiger partial charge in [-0.25, -0.2) is 9.59 Å². The fourth-order valence-electron chi connectivity index (χ4n) is 3.56. The second kappa shape index (κ2) is 9.90. The molecule has 0 amide bonds. The predicted octanol–water partition coefficient (Wildman–Crippen LogP) is 3.28. The summed E-state index contributed by atoms with van der Waals surface area (Å²) in [4.78, 5) is 23.0. The van der Waals surface area contributed by atoms with Crippen LogP contribution in [0.15, 0.2) is 48.5 Å². The van der Waals surface area contributed by atoms with E-state index in [1.54, 1.807) is 0 Å². The largest absolute Gasteiger partial charge is 0.473 e. The summed E-state index contributed by atoms with van der Waals surface area (Å²) in [6.45, 7) is 4.52. The molecule has 6 nitrogen and oxygen atoms in total. The lowest BCUT2D eigenvalue weighted by Crippen LogP contribution is -2.30. The van der Waals surface area contributed by atoms with Crippen molar-refractivity contribution in [2.75, 3.05) is 32.1 Å². The monoisotopic (exact) mass is 384 g/mol. The Balaban J connectivity index is 0.000000409. The molecule has 0 saturated carbocycles. The van der Waals surface area contributed by atoms with Crippen LogP contribution >= 0.6 is 0 Å². The number of rotatable bonds is 4. The molecule has 0 aromatic heterocycles. The van der Waals surface area contributed by atoms with E-state index in [1.807, 2.05) is 0 Å². The number of para-hydroxylation sites is 2. The molecule has 0 aliphatic carbocycles. The van der Waals surface area contributed by atoms with Gasteiger partial charge in [0.05, 0.1) is 0 Å². The van der Waals surface area contributed by atoms with E-state index >= 15 is 0 Å². The van der Waals surface area contributed by atoms with Crippen LogP contribution in [0.5, 0.6) is 0 Å². The topological polar surface area (TPSA) is 81.1 Å². The molecule has 0 spiro atoms. The molecule has 1 atom stereocenters. The Bertz CT molecular complexity index is 760. The third-order valence-corrected chi connectivity index (χ3v) is 4.58. The number of carboxylic acids is 2. The van der Waals surface area contributed by atoms with Gasteiger partial charge < -0.3 is 20.0 Å². The molecular formula is C22H28N2O4. The lowest BCUT2D eigenvalue weighted by atomic mass is 10.0. The van der Waals surface area contributed by atoms with Gasteiger partial charge in [-0.1, -0.05) is 43.3 Å². The minimum Gasteiger partial charge on any atom is -0.473 e. The molecule has 1 aliphatic rings. The average Bonchev–Trinajstić information content (AvgIpc) is 2.79. The molecule has 1 heterocycles. The van der Waals surface area contributed by atoms with Crippen molar-refractivity contribution in [1.29, 1.82) is 0 Å². The van der Waals surface area contributed by atoms with Gasteiger partial charge in [0.25, 0.3) is 0 Å².